The number of amides is 1. The Morgan fingerprint density at radius 1 is 1.09 bits per heavy atom. The fraction of sp³-hybridized carbons (Fsp3) is 0.0909. The van der Waals surface area contributed by atoms with E-state index in [0.29, 0.717) is 32.6 Å². The molecule has 32 heavy (non-hydrogen) atoms. The van der Waals surface area contributed by atoms with E-state index >= 15 is 0 Å². The lowest BCUT2D eigenvalue weighted by molar-refractivity contribution is 0.211. The van der Waals surface area contributed by atoms with Crippen molar-refractivity contribution in [3.63, 3.8) is 0 Å². The average Bonchev–Trinajstić information content (AvgIpc) is 3.14. The Morgan fingerprint density at radius 3 is 2.50 bits per heavy atom. The van der Waals surface area contributed by atoms with Crippen LogP contribution in [0.25, 0.3) is 20.8 Å². The third-order valence-electron chi connectivity index (χ3n) is 4.55. The van der Waals surface area contributed by atoms with Gasteiger partial charge in [0.05, 0.1) is 20.3 Å². The van der Waals surface area contributed by atoms with Crippen LogP contribution in [0.1, 0.15) is 18.6 Å². The molecule has 2 N–H and O–H groups in total. The first kappa shape index (κ1) is 22.6. The fourth-order valence-electron chi connectivity index (χ4n) is 3.09. The van der Waals surface area contributed by atoms with Crippen molar-refractivity contribution < 1.29 is 18.7 Å². The first-order valence-corrected chi connectivity index (χ1v) is 11.2. The van der Waals surface area contributed by atoms with E-state index in [-0.39, 0.29) is 5.02 Å². The Bertz CT molecular complexity index is 1330. The number of aromatic nitrogens is 1. The first-order chi connectivity index (χ1) is 15.2. The highest BCUT2D eigenvalue weighted by Gasteiger charge is 2.20. The normalized spacial score (nSPS) is 12.0. The highest BCUT2D eigenvalue weighted by atomic mass is 35.5. The number of halogens is 4. The van der Waals surface area contributed by atoms with Crippen LogP contribution in [0.2, 0.25) is 15.1 Å². The number of hydrogen-bond donors (Lipinski definition) is 1. The number of primary amides is 1. The summed E-state index contributed by atoms with van der Waals surface area (Å²) in [5.74, 6) is 0.149. The number of carbonyl (C=O) groups excluding carboxylic acids is 1. The second-order valence-electron chi connectivity index (χ2n) is 6.73. The second-order valence-corrected chi connectivity index (χ2v) is 8.95. The van der Waals surface area contributed by atoms with Gasteiger partial charge in [-0.1, -0.05) is 34.8 Å². The lowest BCUT2D eigenvalue weighted by Gasteiger charge is -2.18. The predicted molar refractivity (Wildman–Crippen MR) is 126 cm³/mol. The molecule has 0 fully saturated rings. The molecule has 0 saturated carbocycles. The number of nitrogens with zero attached hydrogens (tertiary/aromatic N) is 1. The van der Waals surface area contributed by atoms with Crippen LogP contribution in [-0.4, -0.2) is 11.1 Å². The monoisotopic (exact) mass is 510 g/mol. The minimum Gasteiger partial charge on any atom is -0.484 e. The molecule has 1 heterocycles. The molecule has 4 aromatic rings. The maximum atomic E-state index is 13.9. The maximum Gasteiger partial charge on any atom is 0.409 e. The summed E-state index contributed by atoms with van der Waals surface area (Å²) >= 11 is 20.1. The number of nitrogens with two attached hydrogens (primary N) is 1. The van der Waals surface area contributed by atoms with Gasteiger partial charge in [-0.15, -0.1) is 11.3 Å². The summed E-state index contributed by atoms with van der Waals surface area (Å²) in [6, 6.07) is 12.9. The quantitative estimate of drug-likeness (QED) is 0.279. The standard InChI is InChI=1S/C22H14Cl3FN2O3S/c1-10(19-13(23)6-7-15(26)20(19)25)30-17-9-18-16(8-14(17)24)28-21(32-18)11-2-4-12(5-3-11)31-22(27)29/h2-10H,1H3,(H2,27,29). The molecule has 164 valence electrons. The summed E-state index contributed by atoms with van der Waals surface area (Å²) in [6.45, 7) is 1.71. The summed E-state index contributed by atoms with van der Waals surface area (Å²) in [7, 11) is 0. The van der Waals surface area contributed by atoms with Crippen LogP contribution in [0.3, 0.4) is 0 Å². The molecule has 1 amide bonds. The molecule has 10 heteroatoms. The van der Waals surface area contributed by atoms with Gasteiger partial charge in [-0.05, 0) is 49.4 Å². The molecule has 1 aromatic heterocycles. The van der Waals surface area contributed by atoms with E-state index < -0.39 is 18.0 Å². The molecular weight excluding hydrogens is 498 g/mol. The molecule has 0 aliphatic heterocycles. The maximum absolute atomic E-state index is 13.9. The van der Waals surface area contributed by atoms with E-state index in [0.717, 1.165) is 15.3 Å². The van der Waals surface area contributed by atoms with Gasteiger partial charge < -0.3 is 15.2 Å². The van der Waals surface area contributed by atoms with E-state index in [1.807, 2.05) is 0 Å². The fourth-order valence-corrected chi connectivity index (χ4v) is 4.95. The van der Waals surface area contributed by atoms with Crippen molar-refractivity contribution in [1.82, 2.24) is 4.98 Å². The minimum atomic E-state index is -0.880. The van der Waals surface area contributed by atoms with Crippen molar-refractivity contribution in [2.24, 2.45) is 5.73 Å². The number of hydrogen-bond acceptors (Lipinski definition) is 5. The van der Waals surface area contributed by atoms with Crippen LogP contribution in [0.4, 0.5) is 9.18 Å². The van der Waals surface area contributed by atoms with Crippen molar-refractivity contribution in [1.29, 1.82) is 0 Å². The third kappa shape index (κ3) is 4.61. The zero-order valence-corrected chi connectivity index (χ0v) is 19.4. The molecule has 0 aliphatic carbocycles. The van der Waals surface area contributed by atoms with E-state index in [1.54, 1.807) is 43.3 Å². The number of rotatable bonds is 5. The second kappa shape index (κ2) is 9.11. The van der Waals surface area contributed by atoms with Crippen molar-refractivity contribution in [3.8, 4) is 22.1 Å². The lowest BCUT2D eigenvalue weighted by Crippen LogP contribution is -2.16. The highest BCUT2D eigenvalue weighted by molar-refractivity contribution is 7.21. The Morgan fingerprint density at radius 2 is 1.81 bits per heavy atom. The van der Waals surface area contributed by atoms with Crippen LogP contribution in [-0.2, 0) is 0 Å². The molecule has 0 saturated heterocycles. The van der Waals surface area contributed by atoms with E-state index in [9.17, 15) is 9.18 Å². The summed E-state index contributed by atoms with van der Waals surface area (Å²) in [5, 5.41) is 1.29. The van der Waals surface area contributed by atoms with Gasteiger partial charge in [0.1, 0.15) is 28.4 Å². The molecule has 1 atom stereocenters. The van der Waals surface area contributed by atoms with Gasteiger partial charge in [0.2, 0.25) is 0 Å². The zero-order chi connectivity index (χ0) is 23.0. The van der Waals surface area contributed by atoms with Crippen LogP contribution in [0.15, 0.2) is 48.5 Å². The largest absolute Gasteiger partial charge is 0.484 e. The summed E-state index contributed by atoms with van der Waals surface area (Å²) in [6.07, 6.45) is -1.53. The number of benzene rings is 3. The number of fused-ring (bicyclic) bond motifs is 1. The topological polar surface area (TPSA) is 74.4 Å². The first-order valence-electron chi connectivity index (χ1n) is 9.21. The molecule has 0 spiro atoms. The Hall–Kier alpha value is -2.58. The number of thiazole rings is 1. The Labute approximate surface area is 201 Å². The smallest absolute Gasteiger partial charge is 0.409 e. The van der Waals surface area contributed by atoms with Gasteiger partial charge >= 0.3 is 6.09 Å². The highest BCUT2D eigenvalue weighted by Crippen LogP contribution is 2.40. The van der Waals surface area contributed by atoms with E-state index in [2.05, 4.69) is 4.98 Å². The average molecular weight is 512 g/mol. The van der Waals surface area contributed by atoms with Crippen molar-refractivity contribution in [2.45, 2.75) is 13.0 Å². The van der Waals surface area contributed by atoms with Crippen LogP contribution in [0.5, 0.6) is 11.5 Å². The van der Waals surface area contributed by atoms with Crippen LogP contribution in [0, 0.1) is 5.82 Å². The molecule has 0 bridgehead atoms. The molecule has 4 rings (SSSR count). The van der Waals surface area contributed by atoms with Crippen molar-refractivity contribution in [2.75, 3.05) is 0 Å². The van der Waals surface area contributed by atoms with E-state index in [1.165, 1.54) is 23.5 Å². The Kier molecular flexibility index (Phi) is 6.44. The van der Waals surface area contributed by atoms with Gasteiger partial charge in [-0.25, -0.2) is 14.2 Å². The van der Waals surface area contributed by atoms with E-state index in [4.69, 9.17) is 50.0 Å². The molecule has 1 unspecified atom stereocenters. The third-order valence-corrected chi connectivity index (χ3v) is 6.63. The summed E-state index contributed by atoms with van der Waals surface area (Å²) in [5.41, 5.74) is 6.88. The molecular formula is C22H14Cl3FN2O3S. The molecule has 0 aliphatic rings. The molecule has 0 radical (unpaired) electrons. The molecule has 5 nitrogen and oxygen atoms in total. The van der Waals surface area contributed by atoms with Gasteiger partial charge in [0, 0.05) is 22.2 Å². The van der Waals surface area contributed by atoms with Gasteiger partial charge in [-0.2, -0.15) is 0 Å². The Balaban J connectivity index is 1.63. The minimum absolute atomic E-state index is 0.0916. The molecule has 3 aromatic carbocycles. The number of carbonyl (C=O) groups is 1. The van der Waals surface area contributed by atoms with Gasteiger partial charge in [-0.3, -0.25) is 0 Å². The zero-order valence-electron chi connectivity index (χ0n) is 16.4. The van der Waals surface area contributed by atoms with Crippen LogP contribution >= 0.6 is 46.1 Å². The SMILES string of the molecule is CC(Oc1cc2sc(-c3ccc(OC(N)=O)cc3)nc2cc1Cl)c1c(Cl)ccc(F)c1Cl. The van der Waals surface area contributed by atoms with Gasteiger partial charge in [0.25, 0.3) is 0 Å². The van der Waals surface area contributed by atoms with Crippen LogP contribution < -0.4 is 15.2 Å². The summed E-state index contributed by atoms with van der Waals surface area (Å²) in [4.78, 5) is 15.5. The van der Waals surface area contributed by atoms with Crippen molar-refractivity contribution >= 4 is 62.4 Å². The predicted octanol–water partition coefficient (Wildman–Crippen LogP) is 7.66. The van der Waals surface area contributed by atoms with Crippen molar-refractivity contribution in [3.05, 3.63) is 75.0 Å². The number of ether oxygens (including phenoxy) is 2. The lowest BCUT2D eigenvalue weighted by atomic mass is 10.1. The summed E-state index contributed by atoms with van der Waals surface area (Å²) < 4.78 is 25.5. The van der Waals surface area contributed by atoms with Gasteiger partial charge in [0.15, 0.2) is 0 Å².